The van der Waals surface area contributed by atoms with Crippen molar-refractivity contribution in [2.75, 3.05) is 32.7 Å². The quantitative estimate of drug-likeness (QED) is 0.816. The zero-order valence-electron chi connectivity index (χ0n) is 13.3. The molecule has 0 aromatic heterocycles. The van der Waals surface area contributed by atoms with Gasteiger partial charge in [0.15, 0.2) is 0 Å². The second-order valence-electron chi connectivity index (χ2n) is 6.76. The number of nitrogens with zero attached hydrogens (tertiary/aromatic N) is 2. The van der Waals surface area contributed by atoms with E-state index in [0.717, 1.165) is 6.04 Å². The fourth-order valence-corrected chi connectivity index (χ4v) is 3.94. The molecule has 0 spiro atoms. The van der Waals surface area contributed by atoms with E-state index in [1.54, 1.807) is 0 Å². The lowest BCUT2D eigenvalue weighted by molar-refractivity contribution is 0.0922. The fraction of sp³-hybridized carbons (Fsp3) is 0.684. The van der Waals surface area contributed by atoms with E-state index in [4.69, 9.17) is 0 Å². The van der Waals surface area contributed by atoms with Crippen LogP contribution >= 0.6 is 0 Å². The van der Waals surface area contributed by atoms with E-state index in [2.05, 4.69) is 40.1 Å². The Kier molecular flexibility index (Phi) is 5.70. The summed E-state index contributed by atoms with van der Waals surface area (Å²) in [6.07, 6.45) is 9.63. The van der Waals surface area contributed by atoms with Gasteiger partial charge in [-0.15, -0.1) is 0 Å². The van der Waals surface area contributed by atoms with Crippen LogP contribution in [0, 0.1) is 0 Å². The highest BCUT2D eigenvalue weighted by molar-refractivity contribution is 5.14. The Morgan fingerprint density at radius 1 is 0.857 bits per heavy atom. The van der Waals surface area contributed by atoms with Crippen molar-refractivity contribution in [1.29, 1.82) is 0 Å². The summed E-state index contributed by atoms with van der Waals surface area (Å²) in [5, 5.41) is 0. The van der Waals surface area contributed by atoms with Crippen molar-refractivity contribution in [3.8, 4) is 0 Å². The Morgan fingerprint density at radius 3 is 2.29 bits per heavy atom. The van der Waals surface area contributed by atoms with Crippen LogP contribution in [-0.2, 0) is 6.42 Å². The SMILES string of the molecule is c1ccc(CCCN2CCC(N3CCCCC3)CC2)cc1. The molecule has 0 saturated carbocycles. The monoisotopic (exact) mass is 286 g/mol. The third kappa shape index (κ3) is 4.55. The lowest BCUT2D eigenvalue weighted by Crippen LogP contribution is -2.46. The molecule has 0 radical (unpaired) electrons. The number of aryl methyl sites for hydroxylation is 1. The Hall–Kier alpha value is -0.860. The molecule has 0 unspecified atom stereocenters. The second-order valence-corrected chi connectivity index (χ2v) is 6.76. The van der Waals surface area contributed by atoms with E-state index in [1.165, 1.54) is 83.2 Å². The molecule has 2 nitrogen and oxygen atoms in total. The second kappa shape index (κ2) is 7.95. The van der Waals surface area contributed by atoms with Crippen molar-refractivity contribution in [1.82, 2.24) is 9.80 Å². The van der Waals surface area contributed by atoms with Crippen LogP contribution in [0.15, 0.2) is 30.3 Å². The molecule has 1 aromatic rings. The predicted molar refractivity (Wildman–Crippen MR) is 89.6 cm³/mol. The van der Waals surface area contributed by atoms with E-state index in [0.29, 0.717) is 0 Å². The Morgan fingerprint density at radius 2 is 1.57 bits per heavy atom. The van der Waals surface area contributed by atoms with E-state index in [9.17, 15) is 0 Å². The third-order valence-electron chi connectivity index (χ3n) is 5.25. The Labute approximate surface area is 130 Å². The molecule has 0 bridgehead atoms. The van der Waals surface area contributed by atoms with E-state index in [-0.39, 0.29) is 0 Å². The van der Waals surface area contributed by atoms with Crippen LogP contribution in [0.3, 0.4) is 0 Å². The maximum Gasteiger partial charge on any atom is 0.0120 e. The molecule has 2 aliphatic heterocycles. The summed E-state index contributed by atoms with van der Waals surface area (Å²) in [5.74, 6) is 0. The fourth-order valence-electron chi connectivity index (χ4n) is 3.94. The average molecular weight is 286 g/mol. The number of piperidine rings is 2. The van der Waals surface area contributed by atoms with Crippen LogP contribution < -0.4 is 0 Å². The van der Waals surface area contributed by atoms with E-state index >= 15 is 0 Å². The first-order valence-electron chi connectivity index (χ1n) is 8.92. The molecule has 2 fully saturated rings. The Bertz CT molecular complexity index is 389. The van der Waals surface area contributed by atoms with Crippen molar-refractivity contribution in [3.05, 3.63) is 35.9 Å². The number of hydrogen-bond donors (Lipinski definition) is 0. The molecule has 0 atom stereocenters. The molecular weight excluding hydrogens is 256 g/mol. The van der Waals surface area contributed by atoms with E-state index < -0.39 is 0 Å². The van der Waals surface area contributed by atoms with Gasteiger partial charge in [0.05, 0.1) is 0 Å². The van der Waals surface area contributed by atoms with Gasteiger partial charge >= 0.3 is 0 Å². The lowest BCUT2D eigenvalue weighted by Gasteiger charge is -2.40. The molecule has 2 saturated heterocycles. The normalized spacial score (nSPS) is 22.5. The molecule has 116 valence electrons. The zero-order chi connectivity index (χ0) is 14.3. The summed E-state index contributed by atoms with van der Waals surface area (Å²) in [5.41, 5.74) is 1.49. The molecule has 0 N–H and O–H groups in total. The molecule has 2 heteroatoms. The van der Waals surface area contributed by atoms with E-state index in [1.807, 2.05) is 0 Å². The average Bonchev–Trinajstić information content (AvgIpc) is 2.57. The van der Waals surface area contributed by atoms with Gasteiger partial charge in [0.25, 0.3) is 0 Å². The number of rotatable bonds is 5. The highest BCUT2D eigenvalue weighted by Gasteiger charge is 2.25. The first-order chi connectivity index (χ1) is 10.4. The highest BCUT2D eigenvalue weighted by atomic mass is 15.2. The van der Waals surface area contributed by atoms with Crippen LogP contribution in [0.2, 0.25) is 0 Å². The van der Waals surface area contributed by atoms with Crippen LogP contribution in [0.4, 0.5) is 0 Å². The molecule has 2 aliphatic rings. The minimum absolute atomic E-state index is 0.885. The number of hydrogen-bond acceptors (Lipinski definition) is 2. The lowest BCUT2D eigenvalue weighted by atomic mass is 9.99. The molecule has 1 aromatic carbocycles. The van der Waals surface area contributed by atoms with Crippen LogP contribution in [0.1, 0.15) is 44.1 Å². The van der Waals surface area contributed by atoms with Gasteiger partial charge in [0.2, 0.25) is 0 Å². The predicted octanol–water partition coefficient (Wildman–Crippen LogP) is 3.57. The standard InChI is InChI=1S/C19H30N2/c1-3-8-18(9-4-1)10-7-13-20-16-11-19(12-17-20)21-14-5-2-6-15-21/h1,3-4,8-9,19H,2,5-7,10-17H2. The van der Waals surface area contributed by atoms with Crippen LogP contribution in [-0.4, -0.2) is 48.6 Å². The third-order valence-corrected chi connectivity index (χ3v) is 5.25. The highest BCUT2D eigenvalue weighted by Crippen LogP contribution is 2.21. The Balaban J connectivity index is 1.34. The molecule has 2 heterocycles. The maximum absolute atomic E-state index is 2.77. The van der Waals surface area contributed by atoms with Gasteiger partial charge in [-0.25, -0.2) is 0 Å². The van der Waals surface area contributed by atoms with Gasteiger partial charge in [0.1, 0.15) is 0 Å². The summed E-state index contributed by atoms with van der Waals surface area (Å²) in [7, 11) is 0. The largest absolute Gasteiger partial charge is 0.303 e. The van der Waals surface area contributed by atoms with Crippen LogP contribution in [0.5, 0.6) is 0 Å². The molecule has 0 amide bonds. The summed E-state index contributed by atoms with van der Waals surface area (Å²) >= 11 is 0. The first kappa shape index (κ1) is 15.1. The minimum atomic E-state index is 0.885. The van der Waals surface area contributed by atoms with Gasteiger partial charge in [-0.1, -0.05) is 36.8 Å². The topological polar surface area (TPSA) is 6.48 Å². The molecule has 3 rings (SSSR count). The van der Waals surface area contributed by atoms with Gasteiger partial charge in [-0.3, -0.25) is 0 Å². The van der Waals surface area contributed by atoms with Gasteiger partial charge < -0.3 is 9.80 Å². The maximum atomic E-state index is 2.77. The summed E-state index contributed by atoms with van der Waals surface area (Å²) in [6, 6.07) is 11.8. The van der Waals surface area contributed by atoms with Crippen molar-refractivity contribution >= 4 is 0 Å². The first-order valence-corrected chi connectivity index (χ1v) is 8.92. The molecular formula is C19H30N2. The summed E-state index contributed by atoms with van der Waals surface area (Å²) < 4.78 is 0. The summed E-state index contributed by atoms with van der Waals surface area (Å²) in [6.45, 7) is 6.63. The zero-order valence-corrected chi connectivity index (χ0v) is 13.3. The van der Waals surface area contributed by atoms with Crippen molar-refractivity contribution in [2.45, 2.75) is 51.0 Å². The number of benzene rings is 1. The van der Waals surface area contributed by atoms with Crippen molar-refractivity contribution < 1.29 is 0 Å². The summed E-state index contributed by atoms with van der Waals surface area (Å²) in [4.78, 5) is 5.45. The number of likely N-dealkylation sites (tertiary alicyclic amines) is 2. The molecule has 0 aliphatic carbocycles. The van der Waals surface area contributed by atoms with Gasteiger partial charge in [0, 0.05) is 6.04 Å². The smallest absolute Gasteiger partial charge is 0.0120 e. The van der Waals surface area contributed by atoms with Crippen molar-refractivity contribution in [2.24, 2.45) is 0 Å². The van der Waals surface area contributed by atoms with Crippen LogP contribution in [0.25, 0.3) is 0 Å². The molecule has 21 heavy (non-hydrogen) atoms. The minimum Gasteiger partial charge on any atom is -0.303 e. The van der Waals surface area contributed by atoms with Crippen molar-refractivity contribution in [3.63, 3.8) is 0 Å². The van der Waals surface area contributed by atoms with Gasteiger partial charge in [-0.2, -0.15) is 0 Å². The van der Waals surface area contributed by atoms with Gasteiger partial charge in [-0.05, 0) is 76.8 Å².